The van der Waals surface area contributed by atoms with Crippen molar-refractivity contribution in [2.75, 3.05) is 11.9 Å². The van der Waals surface area contributed by atoms with Crippen molar-refractivity contribution >= 4 is 61.5 Å². The van der Waals surface area contributed by atoms with Crippen LogP contribution in [0.2, 0.25) is 5.02 Å². The molecule has 3 aromatic carbocycles. The molecule has 0 atom stereocenters. The van der Waals surface area contributed by atoms with E-state index in [1.807, 2.05) is 42.5 Å². The molecule has 1 aliphatic heterocycles. The molecule has 37 heavy (non-hydrogen) atoms. The number of thiazole rings is 1. The Kier molecular flexibility index (Phi) is 6.89. The van der Waals surface area contributed by atoms with E-state index in [1.165, 1.54) is 16.0 Å². The molecule has 0 radical (unpaired) electrons. The molecule has 1 amide bonds. The first-order valence-corrected chi connectivity index (χ1v) is 14.2. The van der Waals surface area contributed by atoms with Gasteiger partial charge in [0.2, 0.25) is 5.91 Å². The number of halogens is 1. The summed E-state index contributed by atoms with van der Waals surface area (Å²) in [5.74, 6) is -0.179. The molecule has 0 spiro atoms. The molecule has 1 N–H and O–H groups in total. The van der Waals surface area contributed by atoms with Crippen molar-refractivity contribution in [2.45, 2.75) is 19.5 Å². The van der Waals surface area contributed by atoms with Crippen molar-refractivity contribution in [2.24, 2.45) is 0 Å². The van der Waals surface area contributed by atoms with Crippen LogP contribution in [-0.4, -0.2) is 22.3 Å². The van der Waals surface area contributed by atoms with E-state index in [1.54, 1.807) is 34.8 Å². The first kappa shape index (κ1) is 24.1. The number of rotatable bonds is 6. The maximum atomic E-state index is 13.0. The summed E-state index contributed by atoms with van der Waals surface area (Å²) in [6.07, 6.45) is 4.23. The van der Waals surface area contributed by atoms with Gasteiger partial charge in [-0.1, -0.05) is 72.3 Å². The van der Waals surface area contributed by atoms with Crippen LogP contribution in [0.1, 0.15) is 21.6 Å². The van der Waals surface area contributed by atoms with Gasteiger partial charge in [0, 0.05) is 41.2 Å². The minimum absolute atomic E-state index is 0.179. The van der Waals surface area contributed by atoms with Crippen molar-refractivity contribution in [3.8, 4) is 10.6 Å². The predicted molar refractivity (Wildman–Crippen MR) is 156 cm³/mol. The predicted octanol–water partition coefficient (Wildman–Crippen LogP) is 7.89. The smallest absolute Gasteiger partial charge is 0.249 e. The molecule has 0 saturated heterocycles. The second kappa shape index (κ2) is 10.6. The van der Waals surface area contributed by atoms with Crippen LogP contribution >= 0.6 is 34.3 Å². The Bertz CT molecular complexity index is 1570. The average Bonchev–Trinajstić information content (AvgIpc) is 3.49. The van der Waals surface area contributed by atoms with Gasteiger partial charge in [0.1, 0.15) is 10.0 Å². The van der Waals surface area contributed by atoms with E-state index in [0.717, 1.165) is 57.4 Å². The molecule has 0 saturated carbocycles. The molecule has 0 fully saturated rings. The second-order valence-electron chi connectivity index (χ2n) is 8.99. The summed E-state index contributed by atoms with van der Waals surface area (Å²) in [5, 5.41) is 5.60. The van der Waals surface area contributed by atoms with E-state index < -0.39 is 0 Å². The van der Waals surface area contributed by atoms with Crippen LogP contribution in [0.25, 0.3) is 26.9 Å². The van der Waals surface area contributed by atoms with Gasteiger partial charge in [-0.25, -0.2) is 4.98 Å². The fourth-order valence-corrected chi connectivity index (χ4v) is 7.26. The van der Waals surface area contributed by atoms with Gasteiger partial charge < -0.3 is 5.32 Å². The molecule has 0 bridgehead atoms. The Hall–Kier alpha value is -3.29. The number of carbonyl (C=O) groups is 1. The summed E-state index contributed by atoms with van der Waals surface area (Å²) in [6.45, 7) is 2.74. The zero-order valence-electron chi connectivity index (χ0n) is 20.0. The number of thiophene rings is 1. The Labute approximate surface area is 228 Å². The van der Waals surface area contributed by atoms with Gasteiger partial charge in [-0.3, -0.25) is 9.69 Å². The van der Waals surface area contributed by atoms with Crippen LogP contribution in [-0.2, 0) is 24.3 Å². The first-order chi connectivity index (χ1) is 18.1. The molecule has 4 nitrogen and oxygen atoms in total. The summed E-state index contributed by atoms with van der Waals surface area (Å²) in [7, 11) is 0. The third kappa shape index (κ3) is 5.24. The molecule has 2 aromatic heterocycles. The molecule has 3 heterocycles. The van der Waals surface area contributed by atoms with Gasteiger partial charge in [-0.2, -0.15) is 0 Å². The lowest BCUT2D eigenvalue weighted by Gasteiger charge is -2.27. The fraction of sp³-hybridized carbons (Fsp3) is 0.133. The zero-order valence-corrected chi connectivity index (χ0v) is 22.4. The van der Waals surface area contributed by atoms with E-state index in [0.29, 0.717) is 5.02 Å². The number of nitrogens with zero attached hydrogens (tertiary/aromatic N) is 2. The summed E-state index contributed by atoms with van der Waals surface area (Å²) in [6, 6.07) is 26.3. The van der Waals surface area contributed by atoms with Gasteiger partial charge in [0.25, 0.3) is 0 Å². The van der Waals surface area contributed by atoms with Gasteiger partial charge in [-0.15, -0.1) is 22.7 Å². The lowest BCUT2D eigenvalue weighted by Crippen LogP contribution is -2.29. The number of amides is 1. The maximum absolute atomic E-state index is 13.0. The average molecular weight is 542 g/mol. The number of anilines is 1. The number of hydrogen-bond acceptors (Lipinski definition) is 5. The third-order valence-corrected chi connectivity index (χ3v) is 8.98. The van der Waals surface area contributed by atoms with Gasteiger partial charge in [0.05, 0.1) is 10.2 Å². The highest BCUT2D eigenvalue weighted by Gasteiger charge is 2.27. The Morgan fingerprint density at radius 3 is 2.62 bits per heavy atom. The minimum Gasteiger partial charge on any atom is -0.313 e. The summed E-state index contributed by atoms with van der Waals surface area (Å²) in [5.41, 5.74) is 5.48. The van der Waals surface area contributed by atoms with Crippen LogP contribution in [0.3, 0.4) is 0 Å². The van der Waals surface area contributed by atoms with Crippen LogP contribution in [0.5, 0.6) is 0 Å². The highest BCUT2D eigenvalue weighted by molar-refractivity contribution is 7.23. The standard InChI is InChI=1S/C30H24ClN3OS2/c31-23-11-5-4-10-21(23)14-15-27(35)33-30-28(29-32-24-12-6-7-13-25(24)36-29)22-16-17-34(19-26(22)37-30)18-20-8-2-1-3-9-20/h1-15H,16-19H2,(H,33,35). The molecule has 7 heteroatoms. The van der Waals surface area contributed by atoms with E-state index in [9.17, 15) is 4.79 Å². The van der Waals surface area contributed by atoms with Gasteiger partial charge in [0.15, 0.2) is 0 Å². The maximum Gasteiger partial charge on any atom is 0.249 e. The largest absolute Gasteiger partial charge is 0.313 e. The van der Waals surface area contributed by atoms with Crippen molar-refractivity contribution in [3.63, 3.8) is 0 Å². The molecular formula is C30H24ClN3OS2. The molecule has 184 valence electrons. The molecule has 0 unspecified atom stereocenters. The number of aromatic nitrogens is 1. The van der Waals surface area contributed by atoms with Crippen molar-refractivity contribution in [3.05, 3.63) is 112 Å². The summed E-state index contributed by atoms with van der Waals surface area (Å²) in [4.78, 5) is 21.7. The number of carbonyl (C=O) groups excluding carboxylic acids is 1. The van der Waals surface area contributed by atoms with E-state index >= 15 is 0 Å². The molecule has 1 aliphatic rings. The Morgan fingerprint density at radius 1 is 1.00 bits per heavy atom. The van der Waals surface area contributed by atoms with E-state index in [4.69, 9.17) is 16.6 Å². The van der Waals surface area contributed by atoms with Crippen molar-refractivity contribution in [1.29, 1.82) is 0 Å². The molecule has 0 aliphatic carbocycles. The number of hydrogen-bond donors (Lipinski definition) is 1. The quantitative estimate of drug-likeness (QED) is 0.222. The van der Waals surface area contributed by atoms with Crippen LogP contribution < -0.4 is 5.32 Å². The number of nitrogens with one attached hydrogen (secondary N) is 1. The Morgan fingerprint density at radius 2 is 1.78 bits per heavy atom. The topological polar surface area (TPSA) is 45.2 Å². The normalized spacial score (nSPS) is 13.8. The molecule has 5 aromatic rings. The van der Waals surface area contributed by atoms with Crippen molar-refractivity contribution in [1.82, 2.24) is 9.88 Å². The number of para-hydroxylation sites is 1. The third-order valence-electron chi connectivity index (χ3n) is 6.45. The highest BCUT2D eigenvalue weighted by Crippen LogP contribution is 2.45. The van der Waals surface area contributed by atoms with E-state index in [2.05, 4.69) is 46.6 Å². The van der Waals surface area contributed by atoms with Crippen LogP contribution in [0, 0.1) is 0 Å². The van der Waals surface area contributed by atoms with Gasteiger partial charge in [-0.05, 0) is 47.4 Å². The Balaban J connectivity index is 1.32. The fourth-order valence-electron chi connectivity index (χ4n) is 4.66. The zero-order chi connectivity index (χ0) is 25.2. The summed E-state index contributed by atoms with van der Waals surface area (Å²) >= 11 is 9.61. The van der Waals surface area contributed by atoms with Gasteiger partial charge >= 0.3 is 0 Å². The molecule has 6 rings (SSSR count). The highest BCUT2D eigenvalue weighted by atomic mass is 35.5. The lowest BCUT2D eigenvalue weighted by molar-refractivity contribution is -0.111. The van der Waals surface area contributed by atoms with Crippen LogP contribution in [0.15, 0.2) is 84.9 Å². The number of fused-ring (bicyclic) bond motifs is 2. The first-order valence-electron chi connectivity index (χ1n) is 12.1. The number of benzene rings is 3. The SMILES string of the molecule is O=C(C=Cc1ccccc1Cl)Nc1sc2c(c1-c1nc3ccccc3s1)CCN(Cc1ccccc1)C2. The summed E-state index contributed by atoms with van der Waals surface area (Å²) < 4.78 is 1.15. The second-order valence-corrected chi connectivity index (χ2v) is 11.5. The van der Waals surface area contributed by atoms with Crippen LogP contribution in [0.4, 0.5) is 5.00 Å². The lowest BCUT2D eigenvalue weighted by atomic mass is 10.0. The molecular weight excluding hydrogens is 518 g/mol. The monoisotopic (exact) mass is 541 g/mol. The minimum atomic E-state index is -0.179. The van der Waals surface area contributed by atoms with Crippen molar-refractivity contribution < 1.29 is 4.79 Å². The van der Waals surface area contributed by atoms with E-state index in [-0.39, 0.29) is 5.91 Å².